The Bertz CT molecular complexity index is 353. The van der Waals surface area contributed by atoms with E-state index in [1.54, 1.807) is 0 Å². The van der Waals surface area contributed by atoms with E-state index in [-0.39, 0.29) is 0 Å². The molecule has 2 heterocycles. The van der Waals surface area contributed by atoms with Gasteiger partial charge in [-0.05, 0) is 63.6 Å². The SMILES string of the molecule is CN1CCCC2CN(CC3(CC(N)=S)CC3)CCC21. The average Bonchev–Trinajstić information content (AvgIpc) is 3.07. The lowest BCUT2D eigenvalue weighted by atomic mass is 9.83. The molecule has 0 aromatic carbocycles. The molecule has 2 unspecified atom stereocenters. The monoisotopic (exact) mass is 281 g/mol. The van der Waals surface area contributed by atoms with E-state index in [4.69, 9.17) is 18.0 Å². The van der Waals surface area contributed by atoms with Gasteiger partial charge in [0.25, 0.3) is 0 Å². The maximum absolute atomic E-state index is 5.75. The Labute approximate surface area is 122 Å². The minimum atomic E-state index is 0.458. The van der Waals surface area contributed by atoms with E-state index in [0.717, 1.165) is 18.4 Å². The van der Waals surface area contributed by atoms with Crippen LogP contribution in [0.4, 0.5) is 0 Å². The van der Waals surface area contributed by atoms with Crippen molar-refractivity contribution in [2.24, 2.45) is 17.1 Å². The van der Waals surface area contributed by atoms with Crippen LogP contribution in [-0.4, -0.2) is 54.1 Å². The van der Waals surface area contributed by atoms with Gasteiger partial charge in [-0.2, -0.15) is 0 Å². The van der Waals surface area contributed by atoms with Crippen LogP contribution in [0.2, 0.25) is 0 Å². The van der Waals surface area contributed by atoms with Gasteiger partial charge in [0.15, 0.2) is 0 Å². The Kier molecular flexibility index (Phi) is 3.84. The van der Waals surface area contributed by atoms with E-state index in [9.17, 15) is 0 Å². The molecule has 3 fully saturated rings. The fourth-order valence-electron chi connectivity index (χ4n) is 4.28. The van der Waals surface area contributed by atoms with Crippen molar-refractivity contribution in [2.45, 2.75) is 44.6 Å². The van der Waals surface area contributed by atoms with Gasteiger partial charge in [-0.15, -0.1) is 0 Å². The van der Waals surface area contributed by atoms with Gasteiger partial charge in [-0.1, -0.05) is 12.2 Å². The summed E-state index contributed by atoms with van der Waals surface area (Å²) < 4.78 is 0. The van der Waals surface area contributed by atoms with Crippen molar-refractivity contribution in [1.82, 2.24) is 9.80 Å². The van der Waals surface area contributed by atoms with E-state index in [0.29, 0.717) is 10.4 Å². The fraction of sp³-hybridized carbons (Fsp3) is 0.933. The molecule has 3 rings (SSSR count). The zero-order chi connectivity index (χ0) is 13.5. The molecule has 2 aliphatic heterocycles. The number of hydrogen-bond donors (Lipinski definition) is 1. The Morgan fingerprint density at radius 2 is 2.11 bits per heavy atom. The highest BCUT2D eigenvalue weighted by Gasteiger charge is 2.45. The maximum Gasteiger partial charge on any atom is 0.0733 e. The number of fused-ring (bicyclic) bond motifs is 1. The molecule has 3 nitrogen and oxygen atoms in total. The van der Waals surface area contributed by atoms with Crippen molar-refractivity contribution < 1.29 is 0 Å². The first-order valence-corrected chi connectivity index (χ1v) is 8.20. The van der Waals surface area contributed by atoms with Gasteiger partial charge in [0.05, 0.1) is 4.99 Å². The predicted molar refractivity (Wildman–Crippen MR) is 83.3 cm³/mol. The minimum Gasteiger partial charge on any atom is -0.393 e. The normalized spacial score (nSPS) is 34.8. The number of likely N-dealkylation sites (tertiary alicyclic amines) is 2. The summed E-state index contributed by atoms with van der Waals surface area (Å²) in [5.41, 5.74) is 6.21. The average molecular weight is 281 g/mol. The highest BCUT2D eigenvalue weighted by Crippen LogP contribution is 2.50. The lowest BCUT2D eigenvalue weighted by Gasteiger charge is -2.46. The molecule has 4 heteroatoms. The summed E-state index contributed by atoms with van der Waals surface area (Å²) in [6.07, 6.45) is 7.78. The Balaban J connectivity index is 1.55. The van der Waals surface area contributed by atoms with Gasteiger partial charge in [0.2, 0.25) is 0 Å². The summed E-state index contributed by atoms with van der Waals surface area (Å²) in [7, 11) is 2.31. The molecule has 0 aromatic heterocycles. The fourth-order valence-corrected chi connectivity index (χ4v) is 4.59. The van der Waals surface area contributed by atoms with Crippen LogP contribution < -0.4 is 5.73 Å². The van der Waals surface area contributed by atoms with Crippen molar-refractivity contribution in [3.8, 4) is 0 Å². The third-order valence-corrected chi connectivity index (χ3v) is 5.64. The van der Waals surface area contributed by atoms with Crippen molar-refractivity contribution in [2.75, 3.05) is 33.2 Å². The summed E-state index contributed by atoms with van der Waals surface area (Å²) in [6.45, 7) is 5.10. The molecular weight excluding hydrogens is 254 g/mol. The van der Waals surface area contributed by atoms with Gasteiger partial charge in [0, 0.05) is 25.6 Å². The van der Waals surface area contributed by atoms with E-state index in [1.165, 1.54) is 58.3 Å². The van der Waals surface area contributed by atoms with E-state index in [1.807, 2.05) is 0 Å². The standard InChI is InChI=1S/C15H27N3S/c1-17-7-2-3-12-10-18(8-4-13(12)17)11-15(5-6-15)9-14(16)19/h12-13H,2-11H2,1H3,(H2,16,19). The van der Waals surface area contributed by atoms with Crippen LogP contribution in [-0.2, 0) is 0 Å². The first-order chi connectivity index (χ1) is 9.08. The second-order valence-corrected chi connectivity index (χ2v) is 7.64. The van der Waals surface area contributed by atoms with E-state index < -0.39 is 0 Å². The van der Waals surface area contributed by atoms with Gasteiger partial charge in [-0.25, -0.2) is 0 Å². The van der Waals surface area contributed by atoms with Crippen molar-refractivity contribution >= 4 is 17.2 Å². The summed E-state index contributed by atoms with van der Waals surface area (Å²) in [5, 5.41) is 0. The summed E-state index contributed by atoms with van der Waals surface area (Å²) >= 11 is 5.11. The third kappa shape index (κ3) is 3.11. The molecule has 1 aliphatic carbocycles. The quantitative estimate of drug-likeness (QED) is 0.797. The molecule has 0 bridgehead atoms. The van der Waals surface area contributed by atoms with E-state index >= 15 is 0 Å². The lowest BCUT2D eigenvalue weighted by Crippen LogP contribution is -2.53. The number of piperidine rings is 2. The van der Waals surface area contributed by atoms with Crippen molar-refractivity contribution in [1.29, 1.82) is 0 Å². The Morgan fingerprint density at radius 1 is 1.32 bits per heavy atom. The number of nitrogens with two attached hydrogens (primary N) is 1. The molecule has 0 spiro atoms. The highest BCUT2D eigenvalue weighted by atomic mass is 32.1. The molecule has 2 atom stereocenters. The first kappa shape index (κ1) is 13.8. The molecule has 0 radical (unpaired) electrons. The van der Waals surface area contributed by atoms with Crippen LogP contribution in [0.1, 0.15) is 38.5 Å². The number of nitrogens with zero attached hydrogens (tertiary/aromatic N) is 2. The smallest absolute Gasteiger partial charge is 0.0733 e. The minimum absolute atomic E-state index is 0.458. The third-order valence-electron chi connectivity index (χ3n) is 5.50. The summed E-state index contributed by atoms with van der Waals surface area (Å²) in [4.78, 5) is 6.00. The maximum atomic E-state index is 5.75. The van der Waals surface area contributed by atoms with Gasteiger partial charge in [0.1, 0.15) is 0 Å². The largest absolute Gasteiger partial charge is 0.393 e. The highest BCUT2D eigenvalue weighted by molar-refractivity contribution is 7.80. The van der Waals surface area contributed by atoms with Crippen molar-refractivity contribution in [3.05, 3.63) is 0 Å². The van der Waals surface area contributed by atoms with Gasteiger partial charge < -0.3 is 15.5 Å². The number of thiocarbonyl (C=S) groups is 1. The van der Waals surface area contributed by atoms with Crippen LogP contribution in [0.25, 0.3) is 0 Å². The zero-order valence-electron chi connectivity index (χ0n) is 12.1. The van der Waals surface area contributed by atoms with Crippen LogP contribution in [0.3, 0.4) is 0 Å². The summed E-state index contributed by atoms with van der Waals surface area (Å²) in [6, 6.07) is 0.843. The molecule has 2 saturated heterocycles. The number of rotatable bonds is 4. The van der Waals surface area contributed by atoms with E-state index in [2.05, 4.69) is 16.8 Å². The van der Waals surface area contributed by atoms with Crippen LogP contribution in [0.15, 0.2) is 0 Å². The van der Waals surface area contributed by atoms with Crippen LogP contribution in [0.5, 0.6) is 0 Å². The topological polar surface area (TPSA) is 32.5 Å². The van der Waals surface area contributed by atoms with Gasteiger partial charge in [-0.3, -0.25) is 0 Å². The second-order valence-electron chi connectivity index (χ2n) is 7.12. The summed E-state index contributed by atoms with van der Waals surface area (Å²) in [5.74, 6) is 0.896. The molecule has 0 aromatic rings. The van der Waals surface area contributed by atoms with Gasteiger partial charge >= 0.3 is 0 Å². The van der Waals surface area contributed by atoms with Crippen LogP contribution in [0, 0.1) is 11.3 Å². The Morgan fingerprint density at radius 3 is 2.79 bits per heavy atom. The molecule has 108 valence electrons. The molecule has 0 amide bonds. The molecule has 1 saturated carbocycles. The molecule has 3 aliphatic rings. The predicted octanol–water partition coefficient (Wildman–Crippen LogP) is 1.86. The second kappa shape index (κ2) is 5.30. The van der Waals surface area contributed by atoms with Crippen LogP contribution >= 0.6 is 12.2 Å². The zero-order valence-corrected chi connectivity index (χ0v) is 12.9. The number of hydrogen-bond acceptors (Lipinski definition) is 3. The molecule has 19 heavy (non-hydrogen) atoms. The lowest BCUT2D eigenvalue weighted by molar-refractivity contribution is 0.0309. The first-order valence-electron chi connectivity index (χ1n) is 7.79. The van der Waals surface area contributed by atoms with Crippen molar-refractivity contribution in [3.63, 3.8) is 0 Å². The molecule has 2 N–H and O–H groups in total. The Hall–Kier alpha value is -0.190. The molecular formula is C15H27N3S.